The SMILES string of the molecule is CCc1ccc(NC(=O)c2ccc(C#CCO)s2)cc1. The van der Waals surface area contributed by atoms with Gasteiger partial charge in [0.15, 0.2) is 0 Å². The maximum atomic E-state index is 12.1. The number of thiophene rings is 1. The third kappa shape index (κ3) is 3.70. The first-order valence-electron chi connectivity index (χ1n) is 6.32. The largest absolute Gasteiger partial charge is 0.384 e. The third-order valence-corrected chi connectivity index (χ3v) is 3.74. The van der Waals surface area contributed by atoms with Crippen LogP contribution in [0.2, 0.25) is 0 Å². The molecule has 102 valence electrons. The number of anilines is 1. The first-order chi connectivity index (χ1) is 9.72. The summed E-state index contributed by atoms with van der Waals surface area (Å²) in [6.45, 7) is 1.91. The summed E-state index contributed by atoms with van der Waals surface area (Å²) in [7, 11) is 0. The molecular weight excluding hydrogens is 270 g/mol. The van der Waals surface area contributed by atoms with Gasteiger partial charge in [-0.1, -0.05) is 30.9 Å². The monoisotopic (exact) mass is 285 g/mol. The van der Waals surface area contributed by atoms with Gasteiger partial charge in [-0.25, -0.2) is 0 Å². The number of amides is 1. The fourth-order valence-electron chi connectivity index (χ4n) is 1.67. The highest BCUT2D eigenvalue weighted by Gasteiger charge is 2.08. The van der Waals surface area contributed by atoms with Crippen molar-refractivity contribution in [2.75, 3.05) is 11.9 Å². The molecule has 1 amide bonds. The lowest BCUT2D eigenvalue weighted by Crippen LogP contribution is -2.09. The van der Waals surface area contributed by atoms with E-state index in [0.717, 1.165) is 17.0 Å². The van der Waals surface area contributed by atoms with Crippen molar-refractivity contribution < 1.29 is 9.90 Å². The van der Waals surface area contributed by atoms with Crippen molar-refractivity contribution in [1.29, 1.82) is 0 Å². The second kappa shape index (κ2) is 6.90. The van der Waals surface area contributed by atoms with E-state index in [9.17, 15) is 4.79 Å². The van der Waals surface area contributed by atoms with Gasteiger partial charge in [0.05, 0.1) is 9.75 Å². The fourth-order valence-corrected chi connectivity index (χ4v) is 2.45. The van der Waals surface area contributed by atoms with Gasteiger partial charge in [-0.15, -0.1) is 11.3 Å². The van der Waals surface area contributed by atoms with Gasteiger partial charge >= 0.3 is 0 Å². The number of hydrogen-bond acceptors (Lipinski definition) is 3. The maximum Gasteiger partial charge on any atom is 0.265 e. The molecule has 0 aliphatic rings. The Morgan fingerprint density at radius 3 is 2.65 bits per heavy atom. The molecule has 20 heavy (non-hydrogen) atoms. The van der Waals surface area contributed by atoms with Crippen molar-refractivity contribution in [3.63, 3.8) is 0 Å². The van der Waals surface area contributed by atoms with Crippen LogP contribution >= 0.6 is 11.3 Å². The van der Waals surface area contributed by atoms with E-state index in [-0.39, 0.29) is 12.5 Å². The van der Waals surface area contributed by atoms with Crippen molar-refractivity contribution >= 4 is 22.9 Å². The lowest BCUT2D eigenvalue weighted by Gasteiger charge is -2.04. The molecule has 1 aromatic heterocycles. The zero-order valence-corrected chi connectivity index (χ0v) is 12.0. The summed E-state index contributed by atoms with van der Waals surface area (Å²) in [5.41, 5.74) is 2.02. The van der Waals surface area contributed by atoms with Gasteiger partial charge in [-0.2, -0.15) is 0 Å². The van der Waals surface area contributed by atoms with Crippen LogP contribution in [0.25, 0.3) is 0 Å². The molecule has 0 saturated carbocycles. The smallest absolute Gasteiger partial charge is 0.265 e. The molecule has 2 aromatic rings. The first-order valence-corrected chi connectivity index (χ1v) is 7.14. The molecule has 0 aliphatic heterocycles. The van der Waals surface area contributed by atoms with E-state index in [2.05, 4.69) is 24.1 Å². The normalized spacial score (nSPS) is 9.70. The first kappa shape index (κ1) is 14.3. The van der Waals surface area contributed by atoms with Gasteiger partial charge < -0.3 is 10.4 Å². The van der Waals surface area contributed by atoms with Crippen molar-refractivity contribution in [1.82, 2.24) is 0 Å². The molecule has 0 atom stereocenters. The van der Waals surface area contributed by atoms with E-state index in [4.69, 9.17) is 5.11 Å². The van der Waals surface area contributed by atoms with E-state index in [0.29, 0.717) is 4.88 Å². The van der Waals surface area contributed by atoms with E-state index in [1.54, 1.807) is 12.1 Å². The van der Waals surface area contributed by atoms with Crippen LogP contribution in [-0.4, -0.2) is 17.6 Å². The van der Waals surface area contributed by atoms with Crippen LogP contribution in [0, 0.1) is 11.8 Å². The molecule has 0 aliphatic carbocycles. The van der Waals surface area contributed by atoms with Gasteiger partial charge in [0, 0.05) is 5.69 Å². The van der Waals surface area contributed by atoms with E-state index in [1.807, 2.05) is 24.3 Å². The minimum absolute atomic E-state index is 0.142. The van der Waals surface area contributed by atoms with Gasteiger partial charge in [-0.05, 0) is 36.2 Å². The molecule has 0 saturated heterocycles. The minimum atomic E-state index is -0.177. The number of aryl methyl sites for hydroxylation is 1. The van der Waals surface area contributed by atoms with E-state index in [1.165, 1.54) is 16.9 Å². The van der Waals surface area contributed by atoms with Crippen LogP contribution < -0.4 is 5.32 Å². The van der Waals surface area contributed by atoms with Crippen molar-refractivity contribution in [2.24, 2.45) is 0 Å². The van der Waals surface area contributed by atoms with Crippen LogP contribution in [-0.2, 0) is 6.42 Å². The molecule has 0 fully saturated rings. The van der Waals surface area contributed by atoms with Crippen LogP contribution in [0.1, 0.15) is 27.0 Å². The summed E-state index contributed by atoms with van der Waals surface area (Å²) in [5.74, 6) is 5.21. The number of benzene rings is 1. The highest BCUT2D eigenvalue weighted by molar-refractivity contribution is 7.14. The Morgan fingerprint density at radius 2 is 2.00 bits per heavy atom. The van der Waals surface area contributed by atoms with E-state index < -0.39 is 0 Å². The Balaban J connectivity index is 2.05. The van der Waals surface area contributed by atoms with Crippen LogP contribution in [0.3, 0.4) is 0 Å². The maximum absolute atomic E-state index is 12.1. The zero-order chi connectivity index (χ0) is 14.4. The molecule has 0 spiro atoms. The molecule has 3 nitrogen and oxygen atoms in total. The van der Waals surface area contributed by atoms with Crippen LogP contribution in [0.4, 0.5) is 5.69 Å². The molecular formula is C16H15NO2S. The Kier molecular flexibility index (Phi) is 4.94. The minimum Gasteiger partial charge on any atom is -0.384 e. The Hall–Kier alpha value is -2.09. The average molecular weight is 285 g/mol. The molecule has 0 bridgehead atoms. The lowest BCUT2D eigenvalue weighted by atomic mass is 10.1. The molecule has 1 heterocycles. The number of aliphatic hydroxyl groups excluding tert-OH is 1. The van der Waals surface area contributed by atoms with Gasteiger partial charge in [-0.3, -0.25) is 4.79 Å². The van der Waals surface area contributed by atoms with Crippen molar-refractivity contribution in [3.8, 4) is 11.8 Å². The van der Waals surface area contributed by atoms with Gasteiger partial charge in [0.1, 0.15) is 6.61 Å². The van der Waals surface area contributed by atoms with Crippen LogP contribution in [0.15, 0.2) is 36.4 Å². The summed E-state index contributed by atoms with van der Waals surface area (Å²) in [5, 5.41) is 11.5. The average Bonchev–Trinajstić information content (AvgIpc) is 2.95. The Labute approximate surface area is 122 Å². The second-order valence-corrected chi connectivity index (χ2v) is 5.21. The predicted molar refractivity (Wildman–Crippen MR) is 82.1 cm³/mol. The number of aliphatic hydroxyl groups is 1. The summed E-state index contributed by atoms with van der Waals surface area (Å²) in [6, 6.07) is 11.3. The molecule has 4 heteroatoms. The number of carbonyl (C=O) groups is 1. The third-order valence-electron chi connectivity index (χ3n) is 2.74. The Bertz CT molecular complexity index is 647. The summed E-state index contributed by atoms with van der Waals surface area (Å²) in [6.07, 6.45) is 0.978. The lowest BCUT2D eigenvalue weighted by molar-refractivity contribution is 0.103. The summed E-state index contributed by atoms with van der Waals surface area (Å²) >= 11 is 1.31. The summed E-state index contributed by atoms with van der Waals surface area (Å²) in [4.78, 5) is 13.4. The van der Waals surface area contributed by atoms with E-state index >= 15 is 0 Å². The highest BCUT2D eigenvalue weighted by atomic mass is 32.1. The predicted octanol–water partition coefficient (Wildman–Crippen LogP) is 2.91. The number of rotatable bonds is 3. The molecule has 0 radical (unpaired) electrons. The molecule has 2 N–H and O–H groups in total. The highest BCUT2D eigenvalue weighted by Crippen LogP contribution is 2.18. The second-order valence-electron chi connectivity index (χ2n) is 4.13. The topological polar surface area (TPSA) is 49.3 Å². The van der Waals surface area contributed by atoms with Crippen LogP contribution in [0.5, 0.6) is 0 Å². The molecule has 1 aromatic carbocycles. The fraction of sp³-hybridized carbons (Fsp3) is 0.188. The van der Waals surface area contributed by atoms with Gasteiger partial charge in [0.2, 0.25) is 0 Å². The standard InChI is InChI=1S/C16H15NO2S/c1-2-12-5-7-13(8-6-12)17-16(19)15-10-9-14(20-15)4-3-11-18/h5-10,18H,2,11H2,1H3,(H,17,19). The molecule has 2 rings (SSSR count). The number of hydrogen-bond donors (Lipinski definition) is 2. The number of carbonyl (C=O) groups excluding carboxylic acids is 1. The van der Waals surface area contributed by atoms with Gasteiger partial charge in [0.25, 0.3) is 5.91 Å². The Morgan fingerprint density at radius 1 is 1.25 bits per heavy atom. The summed E-state index contributed by atoms with van der Waals surface area (Å²) < 4.78 is 0. The number of nitrogens with one attached hydrogen (secondary N) is 1. The van der Waals surface area contributed by atoms with Crippen molar-refractivity contribution in [2.45, 2.75) is 13.3 Å². The molecule has 0 unspecified atom stereocenters. The quantitative estimate of drug-likeness (QED) is 0.852. The van der Waals surface area contributed by atoms with Crippen molar-refractivity contribution in [3.05, 3.63) is 51.7 Å². The zero-order valence-electron chi connectivity index (χ0n) is 11.1.